The van der Waals surface area contributed by atoms with E-state index in [2.05, 4.69) is 23.7 Å². The molecule has 1 fully saturated rings. The highest BCUT2D eigenvalue weighted by Gasteiger charge is 2.29. The molecule has 2 unspecified atom stereocenters. The third-order valence-electron chi connectivity index (χ3n) is 4.31. The summed E-state index contributed by atoms with van der Waals surface area (Å²) < 4.78 is 5.82. The van der Waals surface area contributed by atoms with Gasteiger partial charge in [0.1, 0.15) is 11.6 Å². The van der Waals surface area contributed by atoms with Crippen LogP contribution in [0, 0.1) is 6.92 Å². The normalized spacial score (nSPS) is 25.1. The Morgan fingerprint density at radius 3 is 2.55 bits per heavy atom. The molecule has 3 rings (SSSR count). The van der Waals surface area contributed by atoms with E-state index in [0.717, 1.165) is 49.0 Å². The second kappa shape index (κ2) is 5.83. The zero-order valence-electron chi connectivity index (χ0n) is 13.8. The van der Waals surface area contributed by atoms with Crippen LogP contribution < -0.4 is 4.90 Å². The van der Waals surface area contributed by atoms with Crippen molar-refractivity contribution in [3.63, 3.8) is 0 Å². The predicted octanol–water partition coefficient (Wildman–Crippen LogP) is 1.30. The molecule has 6 heteroatoms. The lowest BCUT2D eigenvalue weighted by Crippen LogP contribution is -2.47. The fourth-order valence-electron chi connectivity index (χ4n) is 3.40. The molecular weight excluding hydrogens is 280 g/mol. The molecule has 1 aromatic rings. The van der Waals surface area contributed by atoms with E-state index >= 15 is 0 Å². The summed E-state index contributed by atoms with van der Waals surface area (Å²) in [5.41, 5.74) is 2.19. The number of carbonyl (C=O) groups excluding carboxylic acids is 1. The van der Waals surface area contributed by atoms with E-state index in [-0.39, 0.29) is 18.1 Å². The highest BCUT2D eigenvalue weighted by atomic mass is 16.5. The lowest BCUT2D eigenvalue weighted by Gasteiger charge is -2.38. The lowest BCUT2D eigenvalue weighted by atomic mass is 10.0. The van der Waals surface area contributed by atoms with Crippen molar-refractivity contribution in [2.24, 2.45) is 0 Å². The number of hydrogen-bond donors (Lipinski definition) is 0. The minimum absolute atomic E-state index is 0.112. The summed E-state index contributed by atoms with van der Waals surface area (Å²) in [4.78, 5) is 25.2. The van der Waals surface area contributed by atoms with Crippen LogP contribution in [0.3, 0.4) is 0 Å². The van der Waals surface area contributed by atoms with Crippen LogP contribution in [0.5, 0.6) is 0 Å². The van der Waals surface area contributed by atoms with E-state index in [0.29, 0.717) is 6.54 Å². The molecular formula is C16H24N4O2. The number of hydrogen-bond acceptors (Lipinski definition) is 5. The van der Waals surface area contributed by atoms with Crippen LogP contribution in [-0.4, -0.2) is 52.6 Å². The number of aryl methyl sites for hydroxylation is 1. The van der Waals surface area contributed by atoms with Gasteiger partial charge in [0, 0.05) is 38.5 Å². The van der Waals surface area contributed by atoms with Crippen molar-refractivity contribution >= 4 is 11.7 Å². The maximum Gasteiger partial charge on any atom is 0.219 e. The second-order valence-electron chi connectivity index (χ2n) is 6.37. The van der Waals surface area contributed by atoms with Crippen LogP contribution in [0.15, 0.2) is 0 Å². The average molecular weight is 304 g/mol. The Labute approximate surface area is 131 Å². The van der Waals surface area contributed by atoms with Crippen LogP contribution in [0.25, 0.3) is 0 Å². The molecule has 0 saturated carbocycles. The quantitative estimate of drug-likeness (QED) is 0.783. The van der Waals surface area contributed by atoms with Crippen molar-refractivity contribution in [1.82, 2.24) is 14.9 Å². The number of ether oxygens (including phenoxy) is 1. The van der Waals surface area contributed by atoms with Crippen molar-refractivity contribution in [3.8, 4) is 0 Å². The molecule has 22 heavy (non-hydrogen) atoms. The summed E-state index contributed by atoms with van der Waals surface area (Å²) in [6.07, 6.45) is 1.17. The Balaban J connectivity index is 1.97. The van der Waals surface area contributed by atoms with Gasteiger partial charge in [0.05, 0.1) is 24.4 Å². The summed E-state index contributed by atoms with van der Waals surface area (Å²) in [6, 6.07) is 0. The van der Waals surface area contributed by atoms with Gasteiger partial charge in [0.25, 0.3) is 0 Å². The molecule has 2 aliphatic rings. The molecule has 0 bridgehead atoms. The van der Waals surface area contributed by atoms with E-state index in [9.17, 15) is 4.79 Å². The molecule has 0 aliphatic carbocycles. The summed E-state index contributed by atoms with van der Waals surface area (Å²) in [6.45, 7) is 10.7. The Bertz CT molecular complexity index is 580. The third kappa shape index (κ3) is 2.92. The van der Waals surface area contributed by atoms with Gasteiger partial charge in [-0.05, 0) is 20.8 Å². The van der Waals surface area contributed by atoms with Crippen molar-refractivity contribution in [2.75, 3.05) is 24.5 Å². The van der Waals surface area contributed by atoms with Gasteiger partial charge in [-0.25, -0.2) is 9.97 Å². The zero-order chi connectivity index (χ0) is 15.9. The number of fused-ring (bicyclic) bond motifs is 1. The van der Waals surface area contributed by atoms with Gasteiger partial charge in [-0.1, -0.05) is 0 Å². The summed E-state index contributed by atoms with van der Waals surface area (Å²) in [7, 11) is 0. The fraction of sp³-hybridized carbons (Fsp3) is 0.688. The Kier molecular flexibility index (Phi) is 4.04. The summed E-state index contributed by atoms with van der Waals surface area (Å²) in [5, 5.41) is 0. The first-order valence-electron chi connectivity index (χ1n) is 7.96. The maximum atomic E-state index is 11.7. The first-order valence-corrected chi connectivity index (χ1v) is 7.96. The molecule has 1 aromatic heterocycles. The minimum Gasteiger partial charge on any atom is -0.372 e. The smallest absolute Gasteiger partial charge is 0.219 e. The highest BCUT2D eigenvalue weighted by Crippen LogP contribution is 2.28. The topological polar surface area (TPSA) is 58.6 Å². The van der Waals surface area contributed by atoms with Crippen LogP contribution in [0.4, 0.5) is 5.82 Å². The van der Waals surface area contributed by atoms with Crippen molar-refractivity contribution in [2.45, 2.75) is 52.9 Å². The molecule has 6 nitrogen and oxygen atoms in total. The standard InChI is InChI=1S/C16H24N4O2/c1-10-7-20(8-11(2)22-10)16-14-9-19(13(4)21)6-5-15(14)17-12(3)18-16/h10-11H,5-9H2,1-4H3. The monoisotopic (exact) mass is 304 g/mol. The maximum absolute atomic E-state index is 11.7. The van der Waals surface area contributed by atoms with Crippen molar-refractivity contribution < 1.29 is 9.53 Å². The molecule has 2 atom stereocenters. The van der Waals surface area contributed by atoms with Crippen LogP contribution in [-0.2, 0) is 22.5 Å². The van der Waals surface area contributed by atoms with E-state index in [1.54, 1.807) is 6.92 Å². The average Bonchev–Trinajstić information content (AvgIpc) is 2.44. The number of nitrogens with zero attached hydrogens (tertiary/aromatic N) is 4. The largest absolute Gasteiger partial charge is 0.372 e. The van der Waals surface area contributed by atoms with Gasteiger partial charge < -0.3 is 14.5 Å². The predicted molar refractivity (Wildman–Crippen MR) is 83.8 cm³/mol. The molecule has 3 heterocycles. The first kappa shape index (κ1) is 15.2. The third-order valence-corrected chi connectivity index (χ3v) is 4.31. The molecule has 2 aliphatic heterocycles. The highest BCUT2D eigenvalue weighted by molar-refractivity contribution is 5.74. The summed E-state index contributed by atoms with van der Waals surface area (Å²) >= 11 is 0. The van der Waals surface area contributed by atoms with E-state index < -0.39 is 0 Å². The van der Waals surface area contributed by atoms with Crippen molar-refractivity contribution in [3.05, 3.63) is 17.1 Å². The molecule has 1 amide bonds. The van der Waals surface area contributed by atoms with Gasteiger partial charge in [-0.3, -0.25) is 4.79 Å². The van der Waals surface area contributed by atoms with E-state index in [4.69, 9.17) is 9.72 Å². The number of amides is 1. The van der Waals surface area contributed by atoms with Gasteiger partial charge in [-0.2, -0.15) is 0 Å². The van der Waals surface area contributed by atoms with E-state index in [1.165, 1.54) is 0 Å². The van der Waals surface area contributed by atoms with Crippen molar-refractivity contribution in [1.29, 1.82) is 0 Å². The van der Waals surface area contributed by atoms with Gasteiger partial charge in [0.2, 0.25) is 5.91 Å². The number of morpholine rings is 1. The zero-order valence-corrected chi connectivity index (χ0v) is 13.8. The molecule has 0 aromatic carbocycles. The number of carbonyl (C=O) groups is 1. The minimum atomic E-state index is 0.112. The molecule has 0 spiro atoms. The number of rotatable bonds is 1. The lowest BCUT2D eigenvalue weighted by molar-refractivity contribution is -0.129. The Hall–Kier alpha value is -1.69. The van der Waals surface area contributed by atoms with Crippen LogP contribution >= 0.6 is 0 Å². The van der Waals surface area contributed by atoms with E-state index in [1.807, 2.05) is 11.8 Å². The van der Waals surface area contributed by atoms with Gasteiger partial charge in [0.15, 0.2) is 0 Å². The molecule has 120 valence electrons. The SMILES string of the molecule is CC(=O)N1CCc2nc(C)nc(N3CC(C)OC(C)C3)c2C1. The molecule has 1 saturated heterocycles. The molecule has 0 N–H and O–H groups in total. The van der Waals surface area contributed by atoms with Crippen LogP contribution in [0.2, 0.25) is 0 Å². The van der Waals surface area contributed by atoms with Gasteiger partial charge in [-0.15, -0.1) is 0 Å². The Morgan fingerprint density at radius 1 is 1.23 bits per heavy atom. The van der Waals surface area contributed by atoms with Crippen LogP contribution in [0.1, 0.15) is 37.9 Å². The fourth-order valence-corrected chi connectivity index (χ4v) is 3.40. The number of anilines is 1. The number of aromatic nitrogens is 2. The van der Waals surface area contributed by atoms with Gasteiger partial charge >= 0.3 is 0 Å². The molecule has 0 radical (unpaired) electrons. The Morgan fingerprint density at radius 2 is 1.91 bits per heavy atom. The second-order valence-corrected chi connectivity index (χ2v) is 6.37. The first-order chi connectivity index (χ1) is 10.4. The summed E-state index contributed by atoms with van der Waals surface area (Å²) in [5.74, 6) is 1.90.